The van der Waals surface area contributed by atoms with Gasteiger partial charge in [0.25, 0.3) is 0 Å². The average Bonchev–Trinajstić information content (AvgIpc) is 2.95. The summed E-state index contributed by atoms with van der Waals surface area (Å²) in [5.74, 6) is -79.0. The minimum Gasteiger partial charge on any atom is -0.455 e. The summed E-state index contributed by atoms with van der Waals surface area (Å²) in [6, 6.07) is -4.34. The lowest BCUT2D eigenvalue weighted by molar-refractivity contribution is -0.440. The van der Waals surface area contributed by atoms with Gasteiger partial charge in [0, 0.05) is 19.4 Å². The van der Waals surface area contributed by atoms with E-state index in [9.17, 15) is 114 Å². The van der Waals surface area contributed by atoms with Gasteiger partial charge in [-0.05, 0) is 64.3 Å². The Kier molecular flexibility index (Phi) is 17.1. The number of hydrogen-bond acceptors (Lipinski definition) is 2. The summed E-state index contributed by atoms with van der Waals surface area (Å²) in [4.78, 5) is 0. The molecule has 0 fully saturated rings. The van der Waals surface area contributed by atoms with Crippen molar-refractivity contribution in [2.45, 2.75) is 156 Å². The van der Waals surface area contributed by atoms with Gasteiger partial charge in [0.2, 0.25) is 0 Å². The van der Waals surface area contributed by atoms with Crippen molar-refractivity contribution in [3.05, 3.63) is 0 Å². The minimum absolute atomic E-state index is 0.239. The molecule has 0 aliphatic carbocycles. The zero-order valence-electron chi connectivity index (χ0n) is 30.4. The van der Waals surface area contributed by atoms with Crippen molar-refractivity contribution >= 4 is 25.0 Å². The van der Waals surface area contributed by atoms with Crippen molar-refractivity contribution < 1.29 is 123 Å². The first-order valence-electron chi connectivity index (χ1n) is 15.4. The second-order valence-electron chi connectivity index (χ2n) is 14.6. The van der Waals surface area contributed by atoms with E-state index >= 15 is 0 Å². The van der Waals surface area contributed by atoms with Gasteiger partial charge < -0.3 is 8.54 Å². The largest absolute Gasteiger partial charge is 0.460 e. The van der Waals surface area contributed by atoms with Gasteiger partial charge in [0.15, 0.2) is 25.0 Å². The van der Waals surface area contributed by atoms with E-state index in [0.717, 1.165) is 32.7 Å². The standard InChI is InChI=1S/C20H20F26OSi2.C6H16OSi/c1-48(2,3)47-49(4,7-5-9(21,22)11(25,26)13(29,30)15(33,34)17(37,38)19(41,42)43)8-6-10(23,24)12(27,28)14(31,32)16(35,36)18(39,40)20(44,45)46;1-5-6-7-8(2,3)4/h5-8H2,1-4H3;5-6H2,1-4H3. The number of alkyl halides is 26. The van der Waals surface area contributed by atoms with Crippen molar-refractivity contribution in [2.75, 3.05) is 6.61 Å². The highest BCUT2D eigenvalue weighted by molar-refractivity contribution is 6.84. The van der Waals surface area contributed by atoms with E-state index in [0.29, 0.717) is 0 Å². The van der Waals surface area contributed by atoms with Gasteiger partial charge in [-0.2, -0.15) is 114 Å². The Morgan fingerprint density at radius 1 is 0.351 bits per heavy atom. The van der Waals surface area contributed by atoms with Gasteiger partial charge in [-0.3, -0.25) is 0 Å². The quantitative estimate of drug-likeness (QED) is 0.0949. The Morgan fingerprint density at radius 2 is 0.596 bits per heavy atom. The molecule has 31 heteroatoms. The van der Waals surface area contributed by atoms with E-state index in [1.54, 1.807) is 0 Å². The molecule has 0 atom stereocenters. The highest BCUT2D eigenvalue weighted by Gasteiger charge is 2.92. The Balaban J connectivity index is 0. The summed E-state index contributed by atoms with van der Waals surface area (Å²) in [6.45, 7) is 12.7. The zero-order chi connectivity index (χ0) is 47.2. The fraction of sp³-hybridized carbons (Fsp3) is 1.00. The molecule has 0 bridgehead atoms. The van der Waals surface area contributed by atoms with Crippen LogP contribution in [0, 0.1) is 0 Å². The van der Waals surface area contributed by atoms with E-state index in [1.165, 1.54) is 0 Å². The SMILES string of the molecule is CCCO[Si](C)(C)C.C[Si](C)(C)O[Si](C)(CCC(F)(F)C(F)(F)C(F)(F)C(F)(F)C(F)(F)C(F)(F)F)CCC(F)(F)C(F)(F)C(F)(F)C(F)(F)C(F)(F)C(F)(F)F. The van der Waals surface area contributed by atoms with E-state index in [4.69, 9.17) is 8.54 Å². The molecule has 0 aliphatic rings. The third-order valence-corrected chi connectivity index (χ3v) is 15.3. The van der Waals surface area contributed by atoms with Gasteiger partial charge >= 0.3 is 71.6 Å². The summed E-state index contributed by atoms with van der Waals surface area (Å²) < 4.78 is 358. The summed E-state index contributed by atoms with van der Waals surface area (Å²) in [6.07, 6.45) is -20.7. The predicted molar refractivity (Wildman–Crippen MR) is 156 cm³/mol. The number of rotatable bonds is 19. The molecule has 0 aromatic rings. The molecule has 0 unspecified atom stereocenters. The molecule has 57 heavy (non-hydrogen) atoms. The minimum atomic E-state index is -8.34. The Bertz CT molecular complexity index is 1220. The first kappa shape index (κ1) is 57.8. The average molecular weight is 959 g/mol. The second-order valence-corrected chi connectivity index (χ2v) is 28.1. The Labute approximate surface area is 310 Å². The highest BCUT2D eigenvalue weighted by Crippen LogP contribution is 2.63. The lowest BCUT2D eigenvalue weighted by atomic mass is 9.93. The van der Waals surface area contributed by atoms with E-state index < -0.39 is 121 Å². The molecular weight excluding hydrogens is 922 g/mol. The molecule has 0 rings (SSSR count). The van der Waals surface area contributed by atoms with Gasteiger partial charge in [0.1, 0.15) is 0 Å². The molecule has 0 aromatic carbocycles. The molecule has 0 saturated heterocycles. The van der Waals surface area contributed by atoms with Crippen LogP contribution in [0.1, 0.15) is 26.2 Å². The van der Waals surface area contributed by atoms with Crippen molar-refractivity contribution in [2.24, 2.45) is 0 Å². The fourth-order valence-corrected chi connectivity index (χ4v) is 13.6. The third kappa shape index (κ3) is 11.8. The van der Waals surface area contributed by atoms with Gasteiger partial charge in [0.05, 0.1) is 0 Å². The summed E-state index contributed by atoms with van der Waals surface area (Å²) >= 11 is 0. The van der Waals surface area contributed by atoms with Gasteiger partial charge in [-0.1, -0.05) is 6.92 Å². The first-order valence-corrected chi connectivity index (χ1v) is 25.1. The van der Waals surface area contributed by atoms with Crippen LogP contribution in [-0.2, 0) is 8.54 Å². The summed E-state index contributed by atoms with van der Waals surface area (Å²) in [5.41, 5.74) is 0. The Hall–Kier alpha value is -1.25. The normalized spacial score (nSPS) is 16.1. The van der Waals surface area contributed by atoms with E-state index in [-0.39, 0.29) is 6.55 Å². The van der Waals surface area contributed by atoms with Gasteiger partial charge in [-0.15, -0.1) is 0 Å². The van der Waals surface area contributed by atoms with Crippen molar-refractivity contribution in [3.8, 4) is 0 Å². The maximum atomic E-state index is 14.3. The van der Waals surface area contributed by atoms with Crippen LogP contribution in [0.5, 0.6) is 0 Å². The van der Waals surface area contributed by atoms with Crippen LogP contribution in [-0.4, -0.2) is 103 Å². The molecule has 0 amide bonds. The van der Waals surface area contributed by atoms with Crippen LogP contribution >= 0.6 is 0 Å². The molecule has 2 nitrogen and oxygen atoms in total. The Morgan fingerprint density at radius 3 is 0.772 bits per heavy atom. The molecule has 0 heterocycles. The van der Waals surface area contributed by atoms with Crippen LogP contribution in [0.3, 0.4) is 0 Å². The van der Waals surface area contributed by atoms with Crippen LogP contribution in [0.15, 0.2) is 0 Å². The molecule has 0 spiro atoms. The lowest BCUT2D eigenvalue weighted by Gasteiger charge is -2.42. The van der Waals surface area contributed by atoms with Crippen LogP contribution < -0.4 is 0 Å². The second kappa shape index (κ2) is 16.9. The van der Waals surface area contributed by atoms with Gasteiger partial charge in [-0.25, -0.2) is 0 Å². The van der Waals surface area contributed by atoms with E-state index in [2.05, 4.69) is 26.6 Å². The highest BCUT2D eigenvalue weighted by atomic mass is 28.4. The maximum Gasteiger partial charge on any atom is 0.460 e. The first-order chi connectivity index (χ1) is 24.2. The van der Waals surface area contributed by atoms with E-state index in [1.807, 2.05) is 0 Å². The monoisotopic (exact) mass is 958 g/mol. The summed E-state index contributed by atoms with van der Waals surface area (Å²) in [5, 5.41) is 0. The molecule has 0 aliphatic heterocycles. The third-order valence-electron chi connectivity index (χ3n) is 7.22. The van der Waals surface area contributed by atoms with Crippen molar-refractivity contribution in [3.63, 3.8) is 0 Å². The van der Waals surface area contributed by atoms with Crippen LogP contribution in [0.25, 0.3) is 0 Å². The molecule has 0 aromatic heterocycles. The van der Waals surface area contributed by atoms with Crippen LogP contribution in [0.2, 0.25) is 57.9 Å². The fourth-order valence-electron chi connectivity index (χ4n) is 4.14. The molecule has 346 valence electrons. The predicted octanol–water partition coefficient (Wildman–Crippen LogP) is 13.9. The number of halogens is 26. The lowest BCUT2D eigenvalue weighted by Crippen LogP contribution is -2.70. The molecule has 0 radical (unpaired) electrons. The molecular formula is C26H36F26O2Si3. The van der Waals surface area contributed by atoms with Crippen molar-refractivity contribution in [1.82, 2.24) is 0 Å². The number of hydrogen-bond donors (Lipinski definition) is 0. The van der Waals surface area contributed by atoms with Crippen LogP contribution in [0.4, 0.5) is 114 Å². The molecule has 0 N–H and O–H groups in total. The molecule has 0 saturated carbocycles. The smallest absolute Gasteiger partial charge is 0.455 e. The topological polar surface area (TPSA) is 18.5 Å². The summed E-state index contributed by atoms with van der Waals surface area (Å²) in [7, 11) is -9.96. The maximum absolute atomic E-state index is 14.3. The van der Waals surface area contributed by atoms with Crippen molar-refractivity contribution in [1.29, 1.82) is 0 Å². The zero-order valence-corrected chi connectivity index (χ0v) is 33.4.